The highest BCUT2D eigenvalue weighted by molar-refractivity contribution is 8.00. The minimum atomic E-state index is -3.05. The number of amides is 1. The van der Waals surface area contributed by atoms with Crippen LogP contribution in [-0.2, 0) is 14.6 Å². The molecule has 1 saturated heterocycles. The Balaban J connectivity index is 1.61. The fraction of sp³-hybridized carbons (Fsp3) is 0.400. The molecule has 7 nitrogen and oxygen atoms in total. The summed E-state index contributed by atoms with van der Waals surface area (Å²) in [5.41, 5.74) is 0.190. The predicted molar refractivity (Wildman–Crippen MR) is 90.2 cm³/mol. The second kappa shape index (κ2) is 7.12. The van der Waals surface area contributed by atoms with Gasteiger partial charge in [-0.15, -0.1) is 10.2 Å². The second-order valence-corrected chi connectivity index (χ2v) is 9.24. The molecule has 1 N–H and O–H groups in total. The first kappa shape index (κ1) is 17.9. The van der Waals surface area contributed by atoms with Crippen molar-refractivity contribution in [3.63, 3.8) is 0 Å². The number of sulfone groups is 1. The Bertz CT molecular complexity index is 884. The topological polar surface area (TPSA) is 102 Å². The molecule has 1 fully saturated rings. The number of hydrogen-bond acceptors (Lipinski definition) is 7. The molecule has 1 amide bonds. The van der Waals surface area contributed by atoms with E-state index >= 15 is 0 Å². The van der Waals surface area contributed by atoms with Crippen molar-refractivity contribution in [1.29, 1.82) is 0 Å². The van der Waals surface area contributed by atoms with Crippen LogP contribution in [-0.4, -0.2) is 47.3 Å². The molecule has 1 aromatic carbocycles. The van der Waals surface area contributed by atoms with Gasteiger partial charge in [0.05, 0.1) is 22.3 Å². The van der Waals surface area contributed by atoms with Crippen molar-refractivity contribution < 1.29 is 22.0 Å². The summed E-state index contributed by atoms with van der Waals surface area (Å²) in [7, 11) is -3.05. The summed E-state index contributed by atoms with van der Waals surface area (Å²) >= 11 is 1.03. The Morgan fingerprint density at radius 2 is 2.16 bits per heavy atom. The van der Waals surface area contributed by atoms with E-state index in [-0.39, 0.29) is 40.1 Å². The third-order valence-electron chi connectivity index (χ3n) is 3.74. The predicted octanol–water partition coefficient (Wildman–Crippen LogP) is 1.66. The Kier molecular flexibility index (Phi) is 5.09. The van der Waals surface area contributed by atoms with Gasteiger partial charge in [0.25, 0.3) is 11.1 Å². The van der Waals surface area contributed by atoms with Crippen LogP contribution in [0, 0.1) is 5.82 Å². The van der Waals surface area contributed by atoms with Crippen LogP contribution in [0.25, 0.3) is 11.5 Å². The van der Waals surface area contributed by atoms with E-state index in [9.17, 15) is 17.6 Å². The van der Waals surface area contributed by atoms with Crippen molar-refractivity contribution in [2.24, 2.45) is 0 Å². The molecule has 0 spiro atoms. The lowest BCUT2D eigenvalue weighted by molar-refractivity contribution is -0.120. The third kappa shape index (κ3) is 4.37. The molecule has 0 aliphatic carbocycles. The molecule has 0 saturated carbocycles. The van der Waals surface area contributed by atoms with Gasteiger partial charge in [-0.05, 0) is 25.5 Å². The molecular formula is C15H16FN3O4S2. The van der Waals surface area contributed by atoms with Crippen LogP contribution in [0.1, 0.15) is 13.3 Å². The number of thioether (sulfide) groups is 1. The number of benzene rings is 1. The van der Waals surface area contributed by atoms with E-state index < -0.39 is 20.9 Å². The molecule has 134 valence electrons. The second-order valence-electron chi connectivity index (χ2n) is 5.72. The highest BCUT2D eigenvalue weighted by Crippen LogP contribution is 2.27. The number of rotatable bonds is 5. The van der Waals surface area contributed by atoms with E-state index in [0.717, 1.165) is 11.8 Å². The van der Waals surface area contributed by atoms with Crippen molar-refractivity contribution in [3.05, 3.63) is 30.1 Å². The van der Waals surface area contributed by atoms with Gasteiger partial charge in [0.1, 0.15) is 5.82 Å². The fourth-order valence-corrected chi connectivity index (χ4v) is 4.80. The van der Waals surface area contributed by atoms with E-state index in [0.29, 0.717) is 6.42 Å². The fourth-order valence-electron chi connectivity index (χ4n) is 2.43. The van der Waals surface area contributed by atoms with Gasteiger partial charge in [-0.3, -0.25) is 4.79 Å². The Hall–Kier alpha value is -1.94. The van der Waals surface area contributed by atoms with Crippen molar-refractivity contribution in [3.8, 4) is 11.5 Å². The summed E-state index contributed by atoms with van der Waals surface area (Å²) in [6, 6.07) is 5.66. The minimum absolute atomic E-state index is 0.0336. The molecule has 25 heavy (non-hydrogen) atoms. The lowest BCUT2D eigenvalue weighted by atomic mass is 10.2. The average Bonchev–Trinajstić information content (AvgIpc) is 3.14. The van der Waals surface area contributed by atoms with Crippen LogP contribution in [0.4, 0.5) is 4.39 Å². The molecule has 2 atom stereocenters. The summed E-state index contributed by atoms with van der Waals surface area (Å²) in [4.78, 5) is 12.2. The molecular weight excluding hydrogens is 369 g/mol. The Morgan fingerprint density at radius 1 is 1.40 bits per heavy atom. The summed E-state index contributed by atoms with van der Waals surface area (Å²) in [5.74, 6) is -0.688. The number of aromatic nitrogens is 2. The number of nitrogens with zero attached hydrogens (tertiary/aromatic N) is 2. The largest absolute Gasteiger partial charge is 0.411 e. The molecule has 2 aromatic rings. The van der Waals surface area contributed by atoms with Crippen molar-refractivity contribution >= 4 is 27.5 Å². The zero-order chi connectivity index (χ0) is 18.0. The van der Waals surface area contributed by atoms with E-state index in [1.807, 2.05) is 0 Å². The maximum Gasteiger partial charge on any atom is 0.277 e. The Morgan fingerprint density at radius 3 is 2.84 bits per heavy atom. The molecule has 2 heterocycles. The third-order valence-corrected chi connectivity index (χ3v) is 6.44. The van der Waals surface area contributed by atoms with Gasteiger partial charge >= 0.3 is 0 Å². The smallest absolute Gasteiger partial charge is 0.277 e. The summed E-state index contributed by atoms with van der Waals surface area (Å²) in [6.07, 6.45) is 0.420. The van der Waals surface area contributed by atoms with Crippen LogP contribution < -0.4 is 5.32 Å². The van der Waals surface area contributed by atoms with E-state index in [2.05, 4.69) is 15.5 Å². The molecule has 1 aliphatic rings. The molecule has 3 rings (SSSR count). The number of nitrogens with one attached hydrogen (secondary N) is 1. The van der Waals surface area contributed by atoms with Crippen molar-refractivity contribution in [1.82, 2.24) is 15.5 Å². The first-order valence-electron chi connectivity index (χ1n) is 7.60. The molecule has 10 heteroatoms. The Labute approximate surface area is 148 Å². The zero-order valence-corrected chi connectivity index (χ0v) is 14.9. The summed E-state index contributed by atoms with van der Waals surface area (Å²) < 4.78 is 42.0. The number of carbonyl (C=O) groups excluding carboxylic acids is 1. The van der Waals surface area contributed by atoms with E-state index in [4.69, 9.17) is 4.42 Å². The minimum Gasteiger partial charge on any atom is -0.411 e. The highest BCUT2D eigenvalue weighted by atomic mass is 32.2. The van der Waals surface area contributed by atoms with Crippen LogP contribution >= 0.6 is 11.8 Å². The average molecular weight is 385 g/mol. The van der Waals surface area contributed by atoms with Gasteiger partial charge in [-0.2, -0.15) is 0 Å². The van der Waals surface area contributed by atoms with E-state index in [1.54, 1.807) is 19.1 Å². The molecule has 0 bridgehead atoms. The summed E-state index contributed by atoms with van der Waals surface area (Å²) in [6.45, 7) is 1.65. The van der Waals surface area contributed by atoms with Gasteiger partial charge in [0, 0.05) is 6.04 Å². The van der Waals surface area contributed by atoms with Gasteiger partial charge in [-0.1, -0.05) is 23.9 Å². The van der Waals surface area contributed by atoms with Crippen LogP contribution in [0.15, 0.2) is 33.9 Å². The van der Waals surface area contributed by atoms with E-state index in [1.165, 1.54) is 12.1 Å². The SMILES string of the molecule is C[C@H](Sc1nnc(-c2ccccc2F)o1)C(=O)N[C@H]1CCS(=O)(=O)C1. The van der Waals surface area contributed by atoms with Gasteiger partial charge in [-0.25, -0.2) is 12.8 Å². The van der Waals surface area contributed by atoms with Gasteiger partial charge < -0.3 is 9.73 Å². The molecule has 0 unspecified atom stereocenters. The molecule has 0 radical (unpaired) electrons. The van der Waals surface area contributed by atoms with Gasteiger partial charge in [0.2, 0.25) is 5.91 Å². The maximum atomic E-state index is 13.7. The summed E-state index contributed by atoms with van der Waals surface area (Å²) in [5, 5.41) is 9.90. The number of carbonyl (C=O) groups is 1. The normalized spacial score (nSPS) is 20.3. The lowest BCUT2D eigenvalue weighted by Crippen LogP contribution is -2.39. The first-order chi connectivity index (χ1) is 11.8. The standard InChI is InChI=1S/C15H16FN3O4S2/c1-9(13(20)17-10-6-7-25(21,22)8-10)24-15-19-18-14(23-15)11-4-2-3-5-12(11)16/h2-5,9-10H,6-8H2,1H3,(H,17,20)/t9-,10-/m0/s1. The monoisotopic (exact) mass is 385 g/mol. The van der Waals surface area contributed by atoms with Crippen molar-refractivity contribution in [2.45, 2.75) is 29.9 Å². The number of halogens is 1. The first-order valence-corrected chi connectivity index (χ1v) is 10.3. The molecule has 1 aromatic heterocycles. The molecule has 1 aliphatic heterocycles. The van der Waals surface area contributed by atoms with Crippen LogP contribution in [0.5, 0.6) is 0 Å². The lowest BCUT2D eigenvalue weighted by Gasteiger charge is -2.14. The number of hydrogen-bond donors (Lipinski definition) is 1. The van der Waals surface area contributed by atoms with Crippen LogP contribution in [0.3, 0.4) is 0 Å². The maximum absolute atomic E-state index is 13.7. The highest BCUT2D eigenvalue weighted by Gasteiger charge is 2.30. The quantitative estimate of drug-likeness (QED) is 0.781. The zero-order valence-electron chi connectivity index (χ0n) is 13.3. The van der Waals surface area contributed by atoms with Crippen molar-refractivity contribution in [2.75, 3.05) is 11.5 Å². The van der Waals surface area contributed by atoms with Gasteiger partial charge in [0.15, 0.2) is 9.84 Å². The van der Waals surface area contributed by atoms with Crippen LogP contribution in [0.2, 0.25) is 0 Å².